The molecular weight excluding hydrogens is 268 g/mol. The summed E-state index contributed by atoms with van der Waals surface area (Å²) in [5, 5.41) is 12.0. The maximum absolute atomic E-state index is 10.5. The van der Waals surface area contributed by atoms with Crippen molar-refractivity contribution in [2.45, 2.75) is 32.4 Å². The molecule has 0 saturated carbocycles. The van der Waals surface area contributed by atoms with E-state index < -0.39 is 5.97 Å². The molecule has 1 atom stereocenters. The van der Waals surface area contributed by atoms with Gasteiger partial charge in [-0.25, -0.2) is 0 Å². The van der Waals surface area contributed by atoms with Gasteiger partial charge in [-0.1, -0.05) is 12.1 Å². The minimum atomic E-state index is -0.746. The summed E-state index contributed by atoms with van der Waals surface area (Å²) in [5.74, 6) is -0.746. The van der Waals surface area contributed by atoms with Crippen LogP contribution in [0.5, 0.6) is 0 Å². The lowest BCUT2D eigenvalue weighted by molar-refractivity contribution is -0.137. The summed E-state index contributed by atoms with van der Waals surface area (Å²) in [4.78, 5) is 12.9. The van der Waals surface area contributed by atoms with Gasteiger partial charge in [0.2, 0.25) is 0 Å². The van der Waals surface area contributed by atoms with Crippen molar-refractivity contribution in [2.24, 2.45) is 0 Å². The lowest BCUT2D eigenvalue weighted by Crippen LogP contribution is -2.35. The minimum absolute atomic E-state index is 0.159. The molecule has 5 heteroatoms. The number of nitrogens with zero attached hydrogens (tertiary/aromatic N) is 1. The van der Waals surface area contributed by atoms with E-state index >= 15 is 0 Å². The first-order valence-corrected chi connectivity index (χ1v) is 7.51. The van der Waals surface area contributed by atoms with Crippen LogP contribution in [0.15, 0.2) is 24.3 Å². The third kappa shape index (κ3) is 5.73. The van der Waals surface area contributed by atoms with Gasteiger partial charge in [-0.15, -0.1) is 0 Å². The van der Waals surface area contributed by atoms with Crippen LogP contribution < -0.4 is 5.32 Å². The van der Waals surface area contributed by atoms with Crippen LogP contribution in [0.3, 0.4) is 0 Å². The normalized spacial score (nSPS) is 17.4. The van der Waals surface area contributed by atoms with Gasteiger partial charge in [0.05, 0.1) is 13.2 Å². The van der Waals surface area contributed by atoms with E-state index in [1.54, 1.807) is 0 Å². The van der Waals surface area contributed by atoms with Crippen molar-refractivity contribution >= 4 is 11.7 Å². The second kappa shape index (κ2) is 8.00. The minimum Gasteiger partial charge on any atom is -0.481 e. The average molecular weight is 292 g/mol. The van der Waals surface area contributed by atoms with Gasteiger partial charge in [0.15, 0.2) is 0 Å². The van der Waals surface area contributed by atoms with Crippen LogP contribution in [-0.4, -0.2) is 48.3 Å². The molecule has 1 aliphatic heterocycles. The monoisotopic (exact) mass is 292 g/mol. The Balaban J connectivity index is 1.79. The topological polar surface area (TPSA) is 61.8 Å². The van der Waals surface area contributed by atoms with Gasteiger partial charge in [-0.3, -0.25) is 9.69 Å². The first kappa shape index (κ1) is 15.8. The van der Waals surface area contributed by atoms with E-state index in [0.29, 0.717) is 6.42 Å². The van der Waals surface area contributed by atoms with Crippen molar-refractivity contribution in [3.63, 3.8) is 0 Å². The van der Waals surface area contributed by atoms with Crippen LogP contribution in [0.25, 0.3) is 0 Å². The number of hydrogen-bond donors (Lipinski definition) is 2. The Bertz CT molecular complexity index is 441. The number of rotatable bonds is 7. The summed E-state index contributed by atoms with van der Waals surface area (Å²) >= 11 is 0. The second-order valence-corrected chi connectivity index (χ2v) is 5.56. The number of aliphatic carboxylic acids is 1. The van der Waals surface area contributed by atoms with Crippen LogP contribution in [0.2, 0.25) is 0 Å². The van der Waals surface area contributed by atoms with E-state index in [1.165, 1.54) is 5.56 Å². The van der Waals surface area contributed by atoms with Crippen molar-refractivity contribution in [3.05, 3.63) is 29.8 Å². The van der Waals surface area contributed by atoms with Gasteiger partial charge in [0, 0.05) is 37.8 Å². The van der Waals surface area contributed by atoms with Gasteiger partial charge >= 0.3 is 5.97 Å². The number of anilines is 1. The van der Waals surface area contributed by atoms with E-state index in [4.69, 9.17) is 9.84 Å². The molecule has 1 aromatic carbocycles. The van der Waals surface area contributed by atoms with Crippen molar-refractivity contribution in [2.75, 3.05) is 31.6 Å². The zero-order valence-corrected chi connectivity index (χ0v) is 12.5. The standard InChI is InChI=1S/C16H24N2O3/c1-13(2-7-16(19)20)17-15-5-3-14(4-6-15)12-18-8-10-21-11-9-18/h3-6,13,17H,2,7-12H2,1H3,(H,19,20). The van der Waals surface area contributed by atoms with Crippen molar-refractivity contribution < 1.29 is 14.6 Å². The Morgan fingerprint density at radius 1 is 1.33 bits per heavy atom. The number of hydrogen-bond acceptors (Lipinski definition) is 4. The van der Waals surface area contributed by atoms with Gasteiger partial charge in [0.25, 0.3) is 0 Å². The Morgan fingerprint density at radius 3 is 2.62 bits per heavy atom. The van der Waals surface area contributed by atoms with E-state index in [0.717, 1.165) is 38.5 Å². The molecule has 0 spiro atoms. The average Bonchev–Trinajstić information content (AvgIpc) is 2.48. The molecule has 1 aromatic rings. The quantitative estimate of drug-likeness (QED) is 0.806. The van der Waals surface area contributed by atoms with E-state index in [1.807, 2.05) is 6.92 Å². The number of carbonyl (C=O) groups is 1. The van der Waals surface area contributed by atoms with Crippen LogP contribution in [0, 0.1) is 0 Å². The van der Waals surface area contributed by atoms with Crippen LogP contribution in [-0.2, 0) is 16.1 Å². The fourth-order valence-corrected chi connectivity index (χ4v) is 2.42. The molecule has 0 radical (unpaired) electrons. The molecule has 116 valence electrons. The molecule has 5 nitrogen and oxygen atoms in total. The fourth-order valence-electron chi connectivity index (χ4n) is 2.42. The lowest BCUT2D eigenvalue weighted by Gasteiger charge is -2.26. The highest BCUT2D eigenvalue weighted by Gasteiger charge is 2.10. The van der Waals surface area contributed by atoms with Gasteiger partial charge in [-0.2, -0.15) is 0 Å². The van der Waals surface area contributed by atoms with Gasteiger partial charge < -0.3 is 15.2 Å². The highest BCUT2D eigenvalue weighted by molar-refractivity contribution is 5.66. The number of nitrogens with one attached hydrogen (secondary N) is 1. The largest absolute Gasteiger partial charge is 0.481 e. The molecule has 0 amide bonds. The maximum atomic E-state index is 10.5. The van der Waals surface area contributed by atoms with E-state index in [2.05, 4.69) is 34.5 Å². The van der Waals surface area contributed by atoms with Gasteiger partial charge in [0.1, 0.15) is 0 Å². The first-order chi connectivity index (χ1) is 10.1. The van der Waals surface area contributed by atoms with Crippen molar-refractivity contribution in [1.29, 1.82) is 0 Å². The van der Waals surface area contributed by atoms with Crippen LogP contribution in [0.4, 0.5) is 5.69 Å². The van der Waals surface area contributed by atoms with Gasteiger partial charge in [-0.05, 0) is 31.0 Å². The summed E-state index contributed by atoms with van der Waals surface area (Å²) in [6, 6.07) is 8.54. The van der Waals surface area contributed by atoms with E-state index in [-0.39, 0.29) is 12.5 Å². The summed E-state index contributed by atoms with van der Waals surface area (Å²) < 4.78 is 5.35. The third-order valence-corrected chi connectivity index (χ3v) is 3.67. The third-order valence-electron chi connectivity index (χ3n) is 3.67. The highest BCUT2D eigenvalue weighted by Crippen LogP contribution is 2.14. The fraction of sp³-hybridized carbons (Fsp3) is 0.562. The highest BCUT2D eigenvalue weighted by atomic mass is 16.5. The molecule has 1 aliphatic rings. The number of carboxylic acid groups (broad SMARTS) is 1. The summed E-state index contributed by atoms with van der Waals surface area (Å²) in [7, 11) is 0. The molecular formula is C16H24N2O3. The molecule has 0 bridgehead atoms. The number of carboxylic acids is 1. The molecule has 21 heavy (non-hydrogen) atoms. The number of benzene rings is 1. The molecule has 0 aliphatic carbocycles. The van der Waals surface area contributed by atoms with Crippen LogP contribution in [0.1, 0.15) is 25.3 Å². The van der Waals surface area contributed by atoms with Crippen molar-refractivity contribution in [3.8, 4) is 0 Å². The molecule has 1 fully saturated rings. The predicted octanol–water partition coefficient (Wildman–Crippen LogP) is 2.18. The van der Waals surface area contributed by atoms with E-state index in [9.17, 15) is 4.79 Å². The Hall–Kier alpha value is -1.59. The SMILES string of the molecule is CC(CCC(=O)O)Nc1ccc(CN2CCOCC2)cc1. The zero-order valence-electron chi connectivity index (χ0n) is 12.5. The first-order valence-electron chi connectivity index (χ1n) is 7.51. The van der Waals surface area contributed by atoms with Crippen LogP contribution >= 0.6 is 0 Å². The summed E-state index contributed by atoms with van der Waals surface area (Å²) in [6.07, 6.45) is 0.828. The molecule has 1 saturated heterocycles. The molecule has 1 heterocycles. The molecule has 2 rings (SSSR count). The maximum Gasteiger partial charge on any atom is 0.303 e. The predicted molar refractivity (Wildman–Crippen MR) is 82.5 cm³/mol. The smallest absolute Gasteiger partial charge is 0.303 e. The molecule has 0 aromatic heterocycles. The second-order valence-electron chi connectivity index (χ2n) is 5.56. The molecule has 2 N–H and O–H groups in total. The number of morpholine rings is 1. The zero-order chi connectivity index (χ0) is 15.1. The summed E-state index contributed by atoms with van der Waals surface area (Å²) in [5.41, 5.74) is 2.33. The Morgan fingerprint density at radius 2 is 2.00 bits per heavy atom. The lowest BCUT2D eigenvalue weighted by atomic mass is 10.1. The Labute approximate surface area is 125 Å². The summed E-state index contributed by atoms with van der Waals surface area (Å²) in [6.45, 7) is 6.59. The van der Waals surface area contributed by atoms with Crippen molar-refractivity contribution in [1.82, 2.24) is 4.90 Å². The number of ether oxygens (including phenoxy) is 1. The molecule has 1 unspecified atom stereocenters. The Kier molecular flexibility index (Phi) is 6.02.